The maximum atomic E-state index is 4.79. The van der Waals surface area contributed by atoms with Gasteiger partial charge in [-0.2, -0.15) is 0 Å². The van der Waals surface area contributed by atoms with Gasteiger partial charge in [0.1, 0.15) is 11.3 Å². The molecule has 2 aromatic rings. The number of imidazole rings is 1. The first kappa shape index (κ1) is 11.2. The molecular formula is C13H16BrN3. The Balaban J connectivity index is 2.20. The summed E-state index contributed by atoms with van der Waals surface area (Å²) >= 11 is 3.61. The standard InChI is InChI=1S/C13H16BrN3/c1-8-6-9(14)12-11(7-8)17(2)13(16-12)10-4-3-5-15-10/h6-7,10,15H,3-5H2,1-2H3. The van der Waals surface area contributed by atoms with Gasteiger partial charge in [0.15, 0.2) is 0 Å². The summed E-state index contributed by atoms with van der Waals surface area (Å²) < 4.78 is 3.31. The highest BCUT2D eigenvalue weighted by Crippen LogP contribution is 2.30. The zero-order valence-electron chi connectivity index (χ0n) is 10.1. The summed E-state index contributed by atoms with van der Waals surface area (Å²) in [5.74, 6) is 1.16. The first-order chi connectivity index (χ1) is 8.16. The van der Waals surface area contributed by atoms with E-state index in [2.05, 4.69) is 51.9 Å². The van der Waals surface area contributed by atoms with Crippen LogP contribution in [0, 0.1) is 6.92 Å². The number of rotatable bonds is 1. The molecule has 1 atom stereocenters. The third-order valence-electron chi connectivity index (χ3n) is 3.49. The van der Waals surface area contributed by atoms with Crippen LogP contribution in [0.15, 0.2) is 16.6 Å². The van der Waals surface area contributed by atoms with Crippen LogP contribution in [-0.4, -0.2) is 16.1 Å². The van der Waals surface area contributed by atoms with Crippen LogP contribution in [0.1, 0.15) is 30.3 Å². The third-order valence-corrected chi connectivity index (χ3v) is 4.10. The average Bonchev–Trinajstić information content (AvgIpc) is 2.87. The Morgan fingerprint density at radius 3 is 3.00 bits per heavy atom. The van der Waals surface area contributed by atoms with E-state index in [4.69, 9.17) is 4.98 Å². The molecule has 1 fully saturated rings. The van der Waals surface area contributed by atoms with E-state index in [1.807, 2.05) is 0 Å². The Kier molecular flexibility index (Phi) is 2.71. The Labute approximate surface area is 109 Å². The van der Waals surface area contributed by atoms with Crippen molar-refractivity contribution in [1.29, 1.82) is 0 Å². The molecule has 0 amide bonds. The van der Waals surface area contributed by atoms with Crippen LogP contribution in [-0.2, 0) is 7.05 Å². The summed E-state index contributed by atoms with van der Waals surface area (Å²) in [7, 11) is 2.11. The fraction of sp³-hybridized carbons (Fsp3) is 0.462. The smallest absolute Gasteiger partial charge is 0.126 e. The van der Waals surface area contributed by atoms with Gasteiger partial charge in [0.2, 0.25) is 0 Å². The molecule has 90 valence electrons. The minimum Gasteiger partial charge on any atom is -0.330 e. The number of fused-ring (bicyclic) bond motifs is 1. The lowest BCUT2D eigenvalue weighted by molar-refractivity contribution is 0.584. The van der Waals surface area contributed by atoms with Gasteiger partial charge in [-0.05, 0) is 59.9 Å². The number of aromatic nitrogens is 2. The van der Waals surface area contributed by atoms with Gasteiger partial charge >= 0.3 is 0 Å². The van der Waals surface area contributed by atoms with E-state index in [1.54, 1.807) is 0 Å². The SMILES string of the molecule is Cc1cc(Br)c2nc(C3CCCN3)n(C)c2c1. The maximum absolute atomic E-state index is 4.79. The molecule has 0 radical (unpaired) electrons. The van der Waals surface area contributed by atoms with Crippen LogP contribution in [0.4, 0.5) is 0 Å². The molecule has 1 saturated heterocycles. The number of hydrogen-bond acceptors (Lipinski definition) is 2. The highest BCUT2D eigenvalue weighted by molar-refractivity contribution is 9.10. The Morgan fingerprint density at radius 1 is 1.47 bits per heavy atom. The van der Waals surface area contributed by atoms with E-state index in [1.165, 1.54) is 23.9 Å². The summed E-state index contributed by atoms with van der Waals surface area (Å²) in [6.07, 6.45) is 2.43. The quantitative estimate of drug-likeness (QED) is 0.876. The van der Waals surface area contributed by atoms with Crippen LogP contribution >= 0.6 is 15.9 Å². The van der Waals surface area contributed by atoms with E-state index in [9.17, 15) is 0 Å². The van der Waals surface area contributed by atoms with E-state index < -0.39 is 0 Å². The highest BCUT2D eigenvalue weighted by Gasteiger charge is 2.22. The average molecular weight is 294 g/mol. The number of aryl methyl sites for hydroxylation is 2. The summed E-state index contributed by atoms with van der Waals surface area (Å²) in [5, 5.41) is 3.51. The Morgan fingerprint density at radius 2 is 2.29 bits per heavy atom. The van der Waals surface area contributed by atoms with Crippen molar-refractivity contribution in [1.82, 2.24) is 14.9 Å². The van der Waals surface area contributed by atoms with Crippen LogP contribution in [0.2, 0.25) is 0 Å². The van der Waals surface area contributed by atoms with Crippen LogP contribution in [0.5, 0.6) is 0 Å². The molecule has 1 aromatic carbocycles. The van der Waals surface area contributed by atoms with Gasteiger partial charge in [0.05, 0.1) is 11.6 Å². The molecule has 17 heavy (non-hydrogen) atoms. The van der Waals surface area contributed by atoms with Crippen molar-refractivity contribution < 1.29 is 0 Å². The highest BCUT2D eigenvalue weighted by atomic mass is 79.9. The fourth-order valence-electron chi connectivity index (χ4n) is 2.61. The molecule has 1 aliphatic heterocycles. The molecule has 3 rings (SSSR count). The Hall–Kier alpha value is -0.870. The first-order valence-electron chi connectivity index (χ1n) is 6.02. The molecule has 3 nitrogen and oxygen atoms in total. The van der Waals surface area contributed by atoms with Gasteiger partial charge in [-0.3, -0.25) is 0 Å². The lowest BCUT2D eigenvalue weighted by Crippen LogP contribution is -2.16. The third kappa shape index (κ3) is 1.79. The molecule has 0 saturated carbocycles. The van der Waals surface area contributed by atoms with Crippen molar-refractivity contribution in [3.05, 3.63) is 28.0 Å². The molecular weight excluding hydrogens is 278 g/mol. The summed E-state index contributed by atoms with van der Waals surface area (Å²) in [4.78, 5) is 4.79. The normalized spacial score (nSPS) is 20.3. The summed E-state index contributed by atoms with van der Waals surface area (Å²) in [6.45, 7) is 3.22. The Bertz CT molecular complexity index is 568. The van der Waals surface area contributed by atoms with E-state index in [0.717, 1.165) is 22.4 Å². The van der Waals surface area contributed by atoms with Gasteiger partial charge in [-0.1, -0.05) is 0 Å². The predicted octanol–water partition coefficient (Wildman–Crippen LogP) is 3.07. The van der Waals surface area contributed by atoms with Crippen LogP contribution in [0.3, 0.4) is 0 Å². The van der Waals surface area contributed by atoms with Gasteiger partial charge < -0.3 is 9.88 Å². The monoisotopic (exact) mass is 293 g/mol. The van der Waals surface area contributed by atoms with Crippen molar-refractivity contribution in [3.8, 4) is 0 Å². The molecule has 0 bridgehead atoms. The number of hydrogen-bond donors (Lipinski definition) is 1. The predicted molar refractivity (Wildman–Crippen MR) is 73.1 cm³/mol. The summed E-state index contributed by atoms with van der Waals surface area (Å²) in [6, 6.07) is 4.74. The van der Waals surface area contributed by atoms with Gasteiger partial charge in [0.25, 0.3) is 0 Å². The van der Waals surface area contributed by atoms with Crippen molar-refractivity contribution in [2.24, 2.45) is 7.05 Å². The van der Waals surface area contributed by atoms with Gasteiger partial charge in [-0.25, -0.2) is 4.98 Å². The number of nitrogens with one attached hydrogen (secondary N) is 1. The zero-order valence-corrected chi connectivity index (χ0v) is 11.7. The number of nitrogens with zero attached hydrogens (tertiary/aromatic N) is 2. The lowest BCUT2D eigenvalue weighted by atomic mass is 10.2. The lowest BCUT2D eigenvalue weighted by Gasteiger charge is -2.09. The molecule has 4 heteroatoms. The van der Waals surface area contributed by atoms with E-state index in [0.29, 0.717) is 6.04 Å². The number of benzene rings is 1. The molecule has 0 aliphatic carbocycles. The van der Waals surface area contributed by atoms with Crippen molar-refractivity contribution in [3.63, 3.8) is 0 Å². The summed E-state index contributed by atoms with van der Waals surface area (Å²) in [5.41, 5.74) is 3.54. The topological polar surface area (TPSA) is 29.9 Å². The molecule has 1 aliphatic rings. The van der Waals surface area contributed by atoms with Gasteiger partial charge in [-0.15, -0.1) is 0 Å². The minimum absolute atomic E-state index is 0.416. The second-order valence-electron chi connectivity index (χ2n) is 4.79. The molecule has 2 heterocycles. The largest absolute Gasteiger partial charge is 0.330 e. The number of halogens is 1. The second-order valence-corrected chi connectivity index (χ2v) is 5.65. The van der Waals surface area contributed by atoms with Crippen molar-refractivity contribution in [2.75, 3.05) is 6.54 Å². The second kappa shape index (κ2) is 4.10. The molecule has 1 aromatic heterocycles. The van der Waals surface area contributed by atoms with E-state index in [-0.39, 0.29) is 0 Å². The molecule has 0 spiro atoms. The molecule has 1 unspecified atom stereocenters. The first-order valence-corrected chi connectivity index (χ1v) is 6.82. The fourth-order valence-corrected chi connectivity index (χ4v) is 3.27. The zero-order chi connectivity index (χ0) is 12.0. The van der Waals surface area contributed by atoms with E-state index >= 15 is 0 Å². The van der Waals surface area contributed by atoms with Gasteiger partial charge in [0, 0.05) is 11.5 Å². The van der Waals surface area contributed by atoms with Crippen molar-refractivity contribution >= 4 is 27.0 Å². The minimum atomic E-state index is 0.416. The van der Waals surface area contributed by atoms with Crippen LogP contribution < -0.4 is 5.32 Å². The molecule has 1 N–H and O–H groups in total. The maximum Gasteiger partial charge on any atom is 0.126 e. The van der Waals surface area contributed by atoms with Crippen molar-refractivity contribution in [2.45, 2.75) is 25.8 Å². The van der Waals surface area contributed by atoms with Crippen LogP contribution in [0.25, 0.3) is 11.0 Å².